The number of carbonyl (C=O) groups excluding carboxylic acids is 1. The van der Waals surface area contributed by atoms with E-state index in [1.54, 1.807) is 0 Å². The fraction of sp³-hybridized carbons (Fsp3) is 0.897. The summed E-state index contributed by atoms with van der Waals surface area (Å²) >= 11 is 0. The topological polar surface area (TPSA) is 57.5 Å². The molecule has 4 saturated carbocycles. The number of allylic oxidation sites excluding steroid dienone is 2. The summed E-state index contributed by atoms with van der Waals surface area (Å²) in [7, 11) is 0. The molecule has 4 aliphatic carbocycles. The van der Waals surface area contributed by atoms with Gasteiger partial charge in [0.05, 0.1) is 12.2 Å². The Labute approximate surface area is 196 Å². The SMILES string of the molecule is CC[C@H](C=C[C@@H](C)[C@H]1CC[C@H]2[C@@H]3CC(=O)C4C[C@H](O)[C@H](O)C[C@]4(C)[C@H]3CC[C@]12C)C(C)C. The monoisotopic (exact) mass is 444 g/mol. The molecule has 11 atom stereocenters. The number of hydrogen-bond acceptors (Lipinski definition) is 3. The fourth-order valence-corrected chi connectivity index (χ4v) is 9.26. The van der Waals surface area contributed by atoms with E-state index >= 15 is 0 Å². The van der Waals surface area contributed by atoms with E-state index in [9.17, 15) is 15.0 Å². The van der Waals surface area contributed by atoms with Gasteiger partial charge in [-0.1, -0.05) is 53.7 Å². The van der Waals surface area contributed by atoms with Crippen LogP contribution in [0.5, 0.6) is 0 Å². The van der Waals surface area contributed by atoms with Gasteiger partial charge in [-0.25, -0.2) is 0 Å². The van der Waals surface area contributed by atoms with Crippen molar-refractivity contribution in [2.45, 2.75) is 105 Å². The van der Waals surface area contributed by atoms with Crippen molar-refractivity contribution >= 4 is 5.78 Å². The highest BCUT2D eigenvalue weighted by Crippen LogP contribution is 2.67. The minimum absolute atomic E-state index is 0.0624. The first kappa shape index (κ1) is 24.5. The van der Waals surface area contributed by atoms with E-state index in [1.165, 1.54) is 32.1 Å². The number of ketones is 1. The van der Waals surface area contributed by atoms with Gasteiger partial charge in [-0.05, 0) is 97.2 Å². The van der Waals surface area contributed by atoms with Crippen LogP contribution in [0.4, 0.5) is 0 Å². The Hall–Kier alpha value is -0.670. The lowest BCUT2D eigenvalue weighted by Gasteiger charge is -2.60. The molecule has 4 rings (SSSR count). The van der Waals surface area contributed by atoms with Crippen molar-refractivity contribution in [3.05, 3.63) is 12.2 Å². The molecule has 4 fully saturated rings. The Morgan fingerprint density at radius 1 is 1.00 bits per heavy atom. The highest BCUT2D eigenvalue weighted by molar-refractivity contribution is 5.83. The summed E-state index contributed by atoms with van der Waals surface area (Å²) in [6, 6.07) is 0. The molecule has 0 radical (unpaired) electrons. The first-order chi connectivity index (χ1) is 15.0. The zero-order valence-corrected chi connectivity index (χ0v) is 21.4. The van der Waals surface area contributed by atoms with Crippen molar-refractivity contribution in [3.63, 3.8) is 0 Å². The Morgan fingerprint density at radius 3 is 2.34 bits per heavy atom. The average molecular weight is 445 g/mol. The molecule has 0 aromatic rings. The molecule has 0 heterocycles. The van der Waals surface area contributed by atoms with Crippen molar-refractivity contribution in [2.24, 2.45) is 58.2 Å². The third-order valence-electron chi connectivity index (χ3n) is 11.2. The minimum Gasteiger partial charge on any atom is -0.390 e. The molecule has 2 N–H and O–H groups in total. The number of Topliss-reactive ketones (excluding diaryl/α,β-unsaturated/α-hetero) is 1. The van der Waals surface area contributed by atoms with Gasteiger partial charge in [-0.15, -0.1) is 0 Å². The first-order valence-electron chi connectivity index (χ1n) is 13.6. The van der Waals surface area contributed by atoms with Gasteiger partial charge in [0.1, 0.15) is 5.78 Å². The van der Waals surface area contributed by atoms with Crippen LogP contribution < -0.4 is 0 Å². The van der Waals surface area contributed by atoms with Crippen LogP contribution in [-0.2, 0) is 4.79 Å². The first-order valence-corrected chi connectivity index (χ1v) is 13.6. The van der Waals surface area contributed by atoms with Gasteiger partial charge >= 0.3 is 0 Å². The maximum Gasteiger partial charge on any atom is 0.136 e. The zero-order chi connectivity index (χ0) is 23.4. The van der Waals surface area contributed by atoms with E-state index < -0.39 is 12.2 Å². The third kappa shape index (κ3) is 3.84. The molecular formula is C29H48O3. The Bertz CT molecular complexity index is 728. The quantitative estimate of drug-likeness (QED) is 0.509. The Kier molecular flexibility index (Phi) is 6.75. The van der Waals surface area contributed by atoms with E-state index in [0.29, 0.717) is 71.9 Å². The molecule has 1 unspecified atom stereocenters. The van der Waals surface area contributed by atoms with Crippen molar-refractivity contribution in [1.29, 1.82) is 0 Å². The molecule has 4 aliphatic rings. The molecule has 0 spiro atoms. The van der Waals surface area contributed by atoms with Gasteiger partial charge in [0.15, 0.2) is 0 Å². The van der Waals surface area contributed by atoms with Gasteiger partial charge < -0.3 is 10.2 Å². The predicted octanol–water partition coefficient (Wildman–Crippen LogP) is 6.03. The highest BCUT2D eigenvalue weighted by Gasteiger charge is 2.63. The van der Waals surface area contributed by atoms with E-state index in [-0.39, 0.29) is 11.3 Å². The molecular weight excluding hydrogens is 396 g/mol. The Balaban J connectivity index is 1.55. The van der Waals surface area contributed by atoms with Crippen LogP contribution in [0.25, 0.3) is 0 Å². The lowest BCUT2D eigenvalue weighted by atomic mass is 9.44. The molecule has 3 heteroatoms. The van der Waals surface area contributed by atoms with Crippen LogP contribution in [-0.4, -0.2) is 28.2 Å². The molecule has 0 saturated heterocycles. The number of rotatable bonds is 5. The van der Waals surface area contributed by atoms with Crippen LogP contribution in [0.15, 0.2) is 12.2 Å². The van der Waals surface area contributed by atoms with Crippen molar-refractivity contribution in [2.75, 3.05) is 0 Å². The van der Waals surface area contributed by atoms with Crippen molar-refractivity contribution in [3.8, 4) is 0 Å². The van der Waals surface area contributed by atoms with Crippen LogP contribution in [0.3, 0.4) is 0 Å². The highest BCUT2D eigenvalue weighted by atomic mass is 16.3. The summed E-state index contributed by atoms with van der Waals surface area (Å²) in [5.74, 6) is 4.55. The van der Waals surface area contributed by atoms with E-state index in [4.69, 9.17) is 0 Å². The molecule has 0 bridgehead atoms. The van der Waals surface area contributed by atoms with E-state index in [0.717, 1.165) is 0 Å². The van der Waals surface area contributed by atoms with Crippen LogP contribution in [0, 0.1) is 58.2 Å². The zero-order valence-electron chi connectivity index (χ0n) is 21.4. The largest absolute Gasteiger partial charge is 0.390 e. The molecule has 0 aliphatic heterocycles. The number of hydrogen-bond donors (Lipinski definition) is 2. The van der Waals surface area contributed by atoms with E-state index in [1.807, 2.05) is 0 Å². The summed E-state index contributed by atoms with van der Waals surface area (Å²) in [5.41, 5.74) is 0.177. The second-order valence-corrected chi connectivity index (χ2v) is 13.0. The summed E-state index contributed by atoms with van der Waals surface area (Å²) in [4.78, 5) is 13.3. The third-order valence-corrected chi connectivity index (χ3v) is 11.2. The Morgan fingerprint density at radius 2 is 1.69 bits per heavy atom. The summed E-state index contributed by atoms with van der Waals surface area (Å²) in [6.07, 6.45) is 11.5. The number of carbonyl (C=O) groups is 1. The number of aliphatic hydroxyl groups excluding tert-OH is 2. The maximum absolute atomic E-state index is 13.3. The van der Waals surface area contributed by atoms with Gasteiger partial charge in [-0.2, -0.15) is 0 Å². The molecule has 0 amide bonds. The lowest BCUT2D eigenvalue weighted by Crippen LogP contribution is -2.59. The van der Waals surface area contributed by atoms with E-state index in [2.05, 4.69) is 53.7 Å². The van der Waals surface area contributed by atoms with Gasteiger partial charge in [-0.3, -0.25) is 4.79 Å². The van der Waals surface area contributed by atoms with Crippen LogP contribution >= 0.6 is 0 Å². The van der Waals surface area contributed by atoms with Crippen molar-refractivity contribution < 1.29 is 15.0 Å². The van der Waals surface area contributed by atoms with Crippen LogP contribution in [0.1, 0.15) is 92.9 Å². The summed E-state index contributed by atoms with van der Waals surface area (Å²) < 4.78 is 0. The standard InChI is InChI=1S/C29H48O3/c1-7-19(17(2)3)9-8-18(4)21-10-11-22-20-14-25(30)24-15-26(31)27(32)16-29(24,6)23(20)12-13-28(21,22)5/h8-9,17-24,26-27,31-32H,7,10-16H2,1-6H3/t18-,19-,20+,21-,22+,23+,24?,26+,27-,28-,29-/m1/s1. The minimum atomic E-state index is -0.733. The molecule has 0 aromatic carbocycles. The molecule has 182 valence electrons. The smallest absolute Gasteiger partial charge is 0.136 e. The summed E-state index contributed by atoms with van der Waals surface area (Å²) in [5, 5.41) is 20.8. The lowest BCUT2D eigenvalue weighted by molar-refractivity contribution is -0.173. The number of fused-ring (bicyclic) bond motifs is 5. The fourth-order valence-electron chi connectivity index (χ4n) is 9.26. The average Bonchev–Trinajstić information content (AvgIpc) is 3.07. The maximum atomic E-state index is 13.3. The second kappa shape index (κ2) is 8.84. The molecule has 0 aromatic heterocycles. The summed E-state index contributed by atoms with van der Waals surface area (Å²) in [6.45, 7) is 14.2. The van der Waals surface area contributed by atoms with Gasteiger partial charge in [0, 0.05) is 12.3 Å². The van der Waals surface area contributed by atoms with Crippen LogP contribution in [0.2, 0.25) is 0 Å². The van der Waals surface area contributed by atoms with Gasteiger partial charge in [0.25, 0.3) is 0 Å². The second-order valence-electron chi connectivity index (χ2n) is 13.0. The normalized spacial score (nSPS) is 48.4. The predicted molar refractivity (Wildman–Crippen MR) is 130 cm³/mol. The number of aliphatic hydroxyl groups is 2. The molecule has 32 heavy (non-hydrogen) atoms. The molecule has 3 nitrogen and oxygen atoms in total. The van der Waals surface area contributed by atoms with Crippen molar-refractivity contribution in [1.82, 2.24) is 0 Å². The van der Waals surface area contributed by atoms with Gasteiger partial charge in [0.2, 0.25) is 0 Å².